The summed E-state index contributed by atoms with van der Waals surface area (Å²) >= 11 is 0. The molecular formula is C61H117N2O7P. The molecule has 0 fully saturated rings. The first kappa shape index (κ1) is 69.2. The van der Waals surface area contributed by atoms with Gasteiger partial charge in [0.2, 0.25) is 5.91 Å². The predicted molar refractivity (Wildman–Crippen MR) is 303 cm³/mol. The first-order valence-electron chi connectivity index (χ1n) is 30.3. The van der Waals surface area contributed by atoms with E-state index in [9.17, 15) is 19.0 Å². The Hall–Kier alpha value is -1.77. The van der Waals surface area contributed by atoms with E-state index in [0.29, 0.717) is 23.9 Å². The van der Waals surface area contributed by atoms with Crippen LogP contribution in [0.15, 0.2) is 36.5 Å². The summed E-state index contributed by atoms with van der Waals surface area (Å²) < 4.78 is 30.2. The minimum Gasteiger partial charge on any atom is -0.756 e. The molecule has 0 radical (unpaired) electrons. The van der Waals surface area contributed by atoms with E-state index >= 15 is 0 Å². The fraction of sp³-hybridized carbons (Fsp3) is 0.869. The highest BCUT2D eigenvalue weighted by molar-refractivity contribution is 7.45. The van der Waals surface area contributed by atoms with Gasteiger partial charge in [-0.2, -0.15) is 0 Å². The number of ether oxygens (including phenoxy) is 1. The topological polar surface area (TPSA) is 114 Å². The second kappa shape index (κ2) is 51.7. The second-order valence-electron chi connectivity index (χ2n) is 21.8. The highest BCUT2D eigenvalue weighted by atomic mass is 31.2. The monoisotopic (exact) mass is 1020 g/mol. The van der Waals surface area contributed by atoms with E-state index in [-0.39, 0.29) is 24.9 Å². The van der Waals surface area contributed by atoms with Gasteiger partial charge in [0.1, 0.15) is 19.3 Å². The van der Waals surface area contributed by atoms with Crippen LogP contribution in [0, 0.1) is 0 Å². The van der Waals surface area contributed by atoms with E-state index in [0.717, 1.165) is 64.2 Å². The summed E-state index contributed by atoms with van der Waals surface area (Å²) in [6.45, 7) is 6.83. The second-order valence-corrected chi connectivity index (χ2v) is 23.3. The summed E-state index contributed by atoms with van der Waals surface area (Å²) in [5.41, 5.74) is 0. The first-order valence-corrected chi connectivity index (χ1v) is 31.8. The maximum Gasteiger partial charge on any atom is 0.306 e. The van der Waals surface area contributed by atoms with E-state index in [1.165, 1.54) is 186 Å². The number of carbonyl (C=O) groups is 2. The average molecular weight is 1020 g/mol. The number of hydrogen-bond acceptors (Lipinski definition) is 7. The van der Waals surface area contributed by atoms with Crippen LogP contribution in [0.3, 0.4) is 0 Å². The smallest absolute Gasteiger partial charge is 0.306 e. The Kier molecular flexibility index (Phi) is 50.4. The maximum atomic E-state index is 13.5. The van der Waals surface area contributed by atoms with Gasteiger partial charge >= 0.3 is 5.97 Å². The number of hydrogen-bond donors (Lipinski definition) is 1. The van der Waals surface area contributed by atoms with Crippen molar-refractivity contribution in [2.75, 3.05) is 40.9 Å². The van der Waals surface area contributed by atoms with E-state index in [1.54, 1.807) is 0 Å². The molecule has 9 nitrogen and oxygen atoms in total. The number of phosphoric acid groups is 1. The summed E-state index contributed by atoms with van der Waals surface area (Å²) in [6.07, 6.45) is 61.1. The Morgan fingerprint density at radius 1 is 0.479 bits per heavy atom. The fourth-order valence-corrected chi connectivity index (χ4v) is 9.53. The Morgan fingerprint density at radius 2 is 0.817 bits per heavy atom. The number of carbonyl (C=O) groups excluding carboxylic acids is 2. The third-order valence-electron chi connectivity index (χ3n) is 13.5. The zero-order valence-corrected chi connectivity index (χ0v) is 48.6. The number of nitrogens with zero attached hydrogens (tertiary/aromatic N) is 1. The Bertz CT molecular complexity index is 1310. The SMILES string of the molecule is CCCCCCCC/C=C\CCCCCC(=O)OC(/C=C\CCCCCCCCCCC)C(COP(=O)([O-])OCC[N+](C)(C)C)NC(=O)CCCCCCCCCCCCC/C=C/CCCCCCCC. The molecule has 0 saturated carbocycles. The molecule has 3 atom stereocenters. The van der Waals surface area contributed by atoms with Gasteiger partial charge in [-0.1, -0.05) is 231 Å². The average Bonchev–Trinajstić information content (AvgIpc) is 3.33. The van der Waals surface area contributed by atoms with Crippen molar-refractivity contribution in [1.29, 1.82) is 0 Å². The predicted octanol–water partition coefficient (Wildman–Crippen LogP) is 17.7. The van der Waals surface area contributed by atoms with Crippen LogP contribution in [-0.4, -0.2) is 69.4 Å². The Balaban J connectivity index is 5.19. The molecule has 0 heterocycles. The van der Waals surface area contributed by atoms with Gasteiger partial charge in [-0.3, -0.25) is 14.2 Å². The van der Waals surface area contributed by atoms with Crippen molar-refractivity contribution in [2.45, 2.75) is 303 Å². The molecule has 1 amide bonds. The molecule has 0 aliphatic rings. The molecule has 0 aliphatic carbocycles. The molecule has 0 aromatic carbocycles. The van der Waals surface area contributed by atoms with Gasteiger partial charge in [0.25, 0.3) is 7.82 Å². The lowest BCUT2D eigenvalue weighted by molar-refractivity contribution is -0.870. The molecule has 0 spiro atoms. The van der Waals surface area contributed by atoms with Crippen molar-refractivity contribution in [3.63, 3.8) is 0 Å². The number of quaternary nitrogens is 1. The van der Waals surface area contributed by atoms with Crippen LogP contribution in [0.25, 0.3) is 0 Å². The normalized spacial score (nSPS) is 14.0. The van der Waals surface area contributed by atoms with Gasteiger partial charge < -0.3 is 28.5 Å². The number of nitrogens with one attached hydrogen (secondary N) is 1. The van der Waals surface area contributed by atoms with Gasteiger partial charge in [0.05, 0.1) is 33.8 Å². The number of unbranched alkanes of at least 4 members (excludes halogenated alkanes) is 35. The summed E-state index contributed by atoms with van der Waals surface area (Å²) in [6, 6.07) is -0.891. The standard InChI is InChI=1S/C61H117N2O7P/c1-7-10-13-16-19-22-25-27-28-29-30-31-32-33-34-36-38-41-44-47-50-53-60(64)62-58(57-69-71(66,67)68-56-55-63(4,5)6)59(52-49-46-43-40-37-24-21-18-15-12-9-3)70-61(65)54-51-48-45-42-39-35-26-23-20-17-14-11-8-2/h27-28,35,39,49,52,58-59H,7-26,29-34,36-38,40-48,50-51,53-57H2,1-6H3,(H-,62,64,66,67)/b28-27+,39-35-,52-49-. The van der Waals surface area contributed by atoms with Crippen molar-refractivity contribution >= 4 is 19.7 Å². The highest BCUT2D eigenvalue weighted by Crippen LogP contribution is 2.38. The largest absolute Gasteiger partial charge is 0.756 e. The van der Waals surface area contributed by atoms with Gasteiger partial charge in [-0.25, -0.2) is 0 Å². The number of amides is 1. The van der Waals surface area contributed by atoms with Crippen LogP contribution in [0.2, 0.25) is 0 Å². The zero-order chi connectivity index (χ0) is 52.2. The molecule has 10 heteroatoms. The summed E-state index contributed by atoms with van der Waals surface area (Å²) in [7, 11) is 1.18. The minimum atomic E-state index is -4.69. The van der Waals surface area contributed by atoms with Crippen LogP contribution in [0.4, 0.5) is 0 Å². The number of phosphoric ester groups is 1. The molecular weight excluding hydrogens is 904 g/mol. The van der Waals surface area contributed by atoms with Crippen molar-refractivity contribution in [3.05, 3.63) is 36.5 Å². The quantitative estimate of drug-likeness (QED) is 0.0212. The number of esters is 1. The highest BCUT2D eigenvalue weighted by Gasteiger charge is 2.27. The number of allylic oxidation sites excluding steroid dienone is 5. The third-order valence-corrected chi connectivity index (χ3v) is 14.5. The molecule has 0 aromatic rings. The maximum absolute atomic E-state index is 13.5. The van der Waals surface area contributed by atoms with Crippen LogP contribution >= 0.6 is 7.82 Å². The van der Waals surface area contributed by atoms with Crippen LogP contribution in [0.1, 0.15) is 290 Å². The lowest BCUT2D eigenvalue weighted by Crippen LogP contribution is -2.47. The van der Waals surface area contributed by atoms with Gasteiger partial charge in [-0.05, 0) is 83.1 Å². The molecule has 418 valence electrons. The minimum absolute atomic E-state index is 0.0231. The summed E-state index contributed by atoms with van der Waals surface area (Å²) in [5.74, 6) is -0.552. The van der Waals surface area contributed by atoms with E-state index < -0.39 is 26.6 Å². The zero-order valence-electron chi connectivity index (χ0n) is 47.7. The molecule has 0 bridgehead atoms. The molecule has 3 unspecified atom stereocenters. The van der Waals surface area contributed by atoms with Crippen LogP contribution in [-0.2, 0) is 27.9 Å². The number of rotatable bonds is 55. The van der Waals surface area contributed by atoms with Crippen LogP contribution in [0.5, 0.6) is 0 Å². The summed E-state index contributed by atoms with van der Waals surface area (Å²) in [4.78, 5) is 39.9. The molecule has 0 saturated heterocycles. The van der Waals surface area contributed by atoms with Gasteiger partial charge in [0, 0.05) is 12.8 Å². The van der Waals surface area contributed by atoms with Crippen molar-refractivity contribution in [1.82, 2.24) is 5.32 Å². The molecule has 71 heavy (non-hydrogen) atoms. The van der Waals surface area contributed by atoms with Crippen molar-refractivity contribution < 1.29 is 37.3 Å². The molecule has 1 N–H and O–H groups in total. The van der Waals surface area contributed by atoms with Gasteiger partial charge in [-0.15, -0.1) is 0 Å². The Morgan fingerprint density at radius 3 is 1.21 bits per heavy atom. The third kappa shape index (κ3) is 52.9. The lowest BCUT2D eigenvalue weighted by Gasteiger charge is -2.30. The number of likely N-dealkylation sites (N-methyl/N-ethyl adjacent to an activating group) is 1. The molecule has 0 aromatic heterocycles. The summed E-state index contributed by atoms with van der Waals surface area (Å²) in [5, 5.41) is 3.02. The van der Waals surface area contributed by atoms with E-state index in [1.807, 2.05) is 33.3 Å². The van der Waals surface area contributed by atoms with Crippen molar-refractivity contribution in [2.24, 2.45) is 0 Å². The van der Waals surface area contributed by atoms with Crippen molar-refractivity contribution in [3.8, 4) is 0 Å². The first-order chi connectivity index (χ1) is 34.4. The van der Waals surface area contributed by atoms with E-state index in [2.05, 4.69) is 50.4 Å². The molecule has 0 rings (SSSR count). The van der Waals surface area contributed by atoms with Gasteiger partial charge in [0.15, 0.2) is 0 Å². The van der Waals surface area contributed by atoms with Crippen LogP contribution < -0.4 is 10.2 Å². The molecule has 0 aliphatic heterocycles. The Labute approximate surface area is 440 Å². The van der Waals surface area contributed by atoms with E-state index in [4.69, 9.17) is 13.8 Å². The lowest BCUT2D eigenvalue weighted by atomic mass is 10.0. The fourth-order valence-electron chi connectivity index (χ4n) is 8.81.